The van der Waals surface area contributed by atoms with Crippen molar-refractivity contribution < 1.29 is 32.2 Å². The first-order valence-corrected chi connectivity index (χ1v) is 8.50. The normalized spacial score (nSPS) is 19.2. The molecular formula is C20H17F4NO3. The van der Waals surface area contributed by atoms with Crippen LogP contribution in [0, 0.1) is 23.3 Å². The van der Waals surface area contributed by atoms with Crippen LogP contribution in [0.2, 0.25) is 0 Å². The molecule has 0 saturated heterocycles. The molecule has 0 amide bonds. The van der Waals surface area contributed by atoms with Crippen LogP contribution in [0.3, 0.4) is 0 Å². The lowest BCUT2D eigenvalue weighted by atomic mass is 9.81. The first kappa shape index (κ1) is 19.9. The fourth-order valence-corrected chi connectivity index (χ4v) is 3.21. The Morgan fingerprint density at radius 3 is 2.46 bits per heavy atom. The van der Waals surface area contributed by atoms with Gasteiger partial charge < -0.3 is 15.6 Å². The van der Waals surface area contributed by atoms with Gasteiger partial charge in [0.15, 0.2) is 23.2 Å². The van der Waals surface area contributed by atoms with Crippen LogP contribution in [0.5, 0.6) is 5.75 Å². The third kappa shape index (κ3) is 4.17. The third-order valence-electron chi connectivity index (χ3n) is 4.71. The van der Waals surface area contributed by atoms with Gasteiger partial charge in [0.05, 0.1) is 5.56 Å². The van der Waals surface area contributed by atoms with E-state index in [9.17, 15) is 22.4 Å². The molecule has 3 rings (SSSR count). The van der Waals surface area contributed by atoms with Gasteiger partial charge in [0.1, 0.15) is 12.4 Å². The summed E-state index contributed by atoms with van der Waals surface area (Å²) in [4.78, 5) is 11.0. The fraction of sp³-hybridized carbons (Fsp3) is 0.250. The molecule has 0 heterocycles. The molecule has 1 aliphatic rings. The number of allylic oxidation sites excluding steroid dienone is 1. The monoisotopic (exact) mass is 395 g/mol. The summed E-state index contributed by atoms with van der Waals surface area (Å²) in [5.74, 6) is -5.92. The van der Waals surface area contributed by atoms with E-state index >= 15 is 0 Å². The molecule has 0 bridgehead atoms. The molecule has 28 heavy (non-hydrogen) atoms. The fourth-order valence-electron chi connectivity index (χ4n) is 3.21. The molecule has 0 fully saturated rings. The Morgan fingerprint density at radius 1 is 1.07 bits per heavy atom. The number of rotatable bonds is 5. The van der Waals surface area contributed by atoms with Crippen LogP contribution in [0.1, 0.15) is 34.7 Å². The zero-order valence-corrected chi connectivity index (χ0v) is 14.6. The number of halogens is 4. The van der Waals surface area contributed by atoms with E-state index in [0.717, 1.165) is 24.3 Å². The number of carboxylic acid groups (broad SMARTS) is 1. The zero-order valence-electron chi connectivity index (χ0n) is 14.6. The van der Waals surface area contributed by atoms with Crippen LogP contribution in [0.25, 0.3) is 0 Å². The van der Waals surface area contributed by atoms with Crippen LogP contribution >= 0.6 is 0 Å². The molecule has 0 unspecified atom stereocenters. The van der Waals surface area contributed by atoms with Crippen molar-refractivity contribution in [3.63, 3.8) is 0 Å². The summed E-state index contributed by atoms with van der Waals surface area (Å²) in [6.07, 6.45) is 2.29. The number of benzene rings is 2. The SMILES string of the molecule is N[C@@H]1CC(COc2cc(C(=O)O)ccc2F)=CC[C@H]1c1cc(F)c(F)cc1F. The molecule has 2 aromatic rings. The zero-order chi connectivity index (χ0) is 20.4. The van der Waals surface area contributed by atoms with Gasteiger partial charge in [0.25, 0.3) is 0 Å². The Morgan fingerprint density at radius 2 is 1.79 bits per heavy atom. The van der Waals surface area contributed by atoms with Crippen molar-refractivity contribution in [2.45, 2.75) is 24.8 Å². The third-order valence-corrected chi connectivity index (χ3v) is 4.71. The van der Waals surface area contributed by atoms with Gasteiger partial charge in [0.2, 0.25) is 0 Å². The van der Waals surface area contributed by atoms with Crippen LogP contribution in [0.4, 0.5) is 17.6 Å². The predicted octanol–water partition coefficient (Wildman–Crippen LogP) is 4.15. The second kappa shape index (κ2) is 8.02. The molecule has 2 aromatic carbocycles. The molecule has 148 valence electrons. The number of nitrogens with two attached hydrogens (primary N) is 1. The highest BCUT2D eigenvalue weighted by molar-refractivity contribution is 5.88. The molecule has 0 aliphatic heterocycles. The highest BCUT2D eigenvalue weighted by atomic mass is 19.2. The highest BCUT2D eigenvalue weighted by Gasteiger charge is 2.28. The van der Waals surface area contributed by atoms with Gasteiger partial charge in [0, 0.05) is 18.0 Å². The molecule has 0 spiro atoms. The second-order valence-electron chi connectivity index (χ2n) is 6.60. The van der Waals surface area contributed by atoms with Crippen molar-refractivity contribution >= 4 is 5.97 Å². The summed E-state index contributed by atoms with van der Waals surface area (Å²) in [6.45, 7) is -0.0271. The average molecular weight is 395 g/mol. The predicted molar refractivity (Wildman–Crippen MR) is 93.2 cm³/mol. The number of aromatic carboxylic acids is 1. The molecule has 3 N–H and O–H groups in total. The van der Waals surface area contributed by atoms with Crippen molar-refractivity contribution in [2.75, 3.05) is 6.61 Å². The number of carbonyl (C=O) groups is 1. The quantitative estimate of drug-likeness (QED) is 0.453. The first-order valence-electron chi connectivity index (χ1n) is 8.50. The maximum Gasteiger partial charge on any atom is 0.335 e. The lowest BCUT2D eigenvalue weighted by Crippen LogP contribution is -2.33. The van der Waals surface area contributed by atoms with Gasteiger partial charge in [-0.2, -0.15) is 0 Å². The van der Waals surface area contributed by atoms with Crippen LogP contribution in [0.15, 0.2) is 42.0 Å². The van der Waals surface area contributed by atoms with Crippen molar-refractivity contribution in [2.24, 2.45) is 5.73 Å². The Labute approximate surface area is 158 Å². The minimum absolute atomic E-state index is 0.00261. The largest absolute Gasteiger partial charge is 0.486 e. The van der Waals surface area contributed by atoms with E-state index in [4.69, 9.17) is 15.6 Å². The molecule has 8 heteroatoms. The molecule has 2 atom stereocenters. The minimum Gasteiger partial charge on any atom is -0.486 e. The van der Waals surface area contributed by atoms with E-state index in [0.29, 0.717) is 11.6 Å². The standard InChI is InChI=1S/C20H17F4NO3/c21-14-4-2-11(20(26)27)6-19(14)28-9-10-1-3-12(18(25)5-10)13-7-16(23)17(24)8-15(13)22/h1-2,4,6-8,12,18H,3,5,9,25H2,(H,26,27)/t12-,18+/m0/s1. The van der Waals surface area contributed by atoms with E-state index in [2.05, 4.69) is 0 Å². The van der Waals surface area contributed by atoms with Crippen molar-refractivity contribution in [1.82, 2.24) is 0 Å². The minimum atomic E-state index is -1.26. The number of ether oxygens (including phenoxy) is 1. The van der Waals surface area contributed by atoms with Crippen molar-refractivity contribution in [3.05, 3.63) is 76.4 Å². The lowest BCUT2D eigenvalue weighted by molar-refractivity contribution is 0.0696. The van der Waals surface area contributed by atoms with E-state index in [1.54, 1.807) is 6.08 Å². The molecule has 4 nitrogen and oxygen atoms in total. The smallest absolute Gasteiger partial charge is 0.335 e. The van der Waals surface area contributed by atoms with Crippen LogP contribution in [-0.4, -0.2) is 23.7 Å². The van der Waals surface area contributed by atoms with Crippen molar-refractivity contribution in [3.8, 4) is 5.75 Å². The molecular weight excluding hydrogens is 378 g/mol. The van der Waals surface area contributed by atoms with E-state index < -0.39 is 41.2 Å². The molecule has 0 aromatic heterocycles. The number of carboxylic acids is 1. The van der Waals surface area contributed by atoms with Crippen molar-refractivity contribution in [1.29, 1.82) is 0 Å². The van der Waals surface area contributed by atoms with Gasteiger partial charge >= 0.3 is 5.97 Å². The summed E-state index contributed by atoms with van der Waals surface area (Å²) < 4.78 is 59.7. The maximum absolute atomic E-state index is 14.0. The Hall–Kier alpha value is -2.87. The topological polar surface area (TPSA) is 72.5 Å². The Balaban J connectivity index is 1.71. The van der Waals surface area contributed by atoms with E-state index in [1.807, 2.05) is 0 Å². The van der Waals surface area contributed by atoms with Gasteiger partial charge in [-0.15, -0.1) is 0 Å². The van der Waals surface area contributed by atoms with Crippen LogP contribution in [-0.2, 0) is 0 Å². The lowest BCUT2D eigenvalue weighted by Gasteiger charge is -2.29. The van der Waals surface area contributed by atoms with Crippen LogP contribution < -0.4 is 10.5 Å². The summed E-state index contributed by atoms with van der Waals surface area (Å²) >= 11 is 0. The highest BCUT2D eigenvalue weighted by Crippen LogP contribution is 2.34. The molecule has 0 radical (unpaired) electrons. The summed E-state index contributed by atoms with van der Waals surface area (Å²) in [5.41, 5.74) is 6.70. The van der Waals surface area contributed by atoms with Gasteiger partial charge in [-0.3, -0.25) is 0 Å². The molecule has 1 aliphatic carbocycles. The maximum atomic E-state index is 14.0. The average Bonchev–Trinajstić information content (AvgIpc) is 2.64. The Bertz CT molecular complexity index is 945. The number of hydrogen-bond acceptors (Lipinski definition) is 3. The van der Waals surface area contributed by atoms with Gasteiger partial charge in [-0.05, 0) is 48.2 Å². The summed E-state index contributed by atoms with van der Waals surface area (Å²) in [6, 6.07) is 3.96. The number of hydrogen-bond donors (Lipinski definition) is 2. The second-order valence-corrected chi connectivity index (χ2v) is 6.60. The van der Waals surface area contributed by atoms with E-state index in [1.165, 1.54) is 0 Å². The Kier molecular flexibility index (Phi) is 5.69. The summed E-state index contributed by atoms with van der Waals surface area (Å²) in [5, 5.41) is 8.96. The van der Waals surface area contributed by atoms with E-state index in [-0.39, 0.29) is 36.3 Å². The van der Waals surface area contributed by atoms with Gasteiger partial charge in [-0.1, -0.05) is 6.08 Å². The summed E-state index contributed by atoms with van der Waals surface area (Å²) in [7, 11) is 0. The molecule has 0 saturated carbocycles. The van der Waals surface area contributed by atoms with Gasteiger partial charge in [-0.25, -0.2) is 22.4 Å². The first-order chi connectivity index (χ1) is 13.3.